The minimum Gasteiger partial charge on any atom is -0.311 e. The SMILES string of the molecule is CC(C)(C)c1ccc(N2c3ccc(C(C)(C)C)cc3B3c4ccccc4N(c4ccc(C(c5ccccc5)(c5ccccc5)c5ccccc5)cc4)c4cc(N(c5ccccc5)c5ccccc5)cc2c43)cc1. The van der Waals surface area contributed by atoms with Crippen LogP contribution in [0, 0.1) is 0 Å². The number of fused-ring (bicyclic) bond motifs is 4. The Kier molecular flexibility index (Phi) is 11.3. The van der Waals surface area contributed by atoms with Crippen molar-refractivity contribution in [1.29, 1.82) is 0 Å². The molecule has 2 heterocycles. The van der Waals surface area contributed by atoms with E-state index >= 15 is 0 Å². The second kappa shape index (κ2) is 18.1. The average molecular weight is 942 g/mol. The van der Waals surface area contributed by atoms with E-state index in [1.807, 2.05) is 0 Å². The van der Waals surface area contributed by atoms with Gasteiger partial charge in [0.2, 0.25) is 0 Å². The third-order valence-electron chi connectivity index (χ3n) is 15.3. The van der Waals surface area contributed by atoms with Crippen molar-refractivity contribution in [2.45, 2.75) is 57.8 Å². The van der Waals surface area contributed by atoms with E-state index in [0.29, 0.717) is 0 Å². The Hall–Kier alpha value is -8.34. The van der Waals surface area contributed by atoms with Crippen LogP contribution in [0.3, 0.4) is 0 Å². The molecule has 0 atom stereocenters. The minimum atomic E-state index is -0.574. The molecule has 12 rings (SSSR count). The molecular weight excluding hydrogens is 882 g/mol. The Bertz CT molecular complexity index is 3430. The van der Waals surface area contributed by atoms with Gasteiger partial charge in [-0.25, -0.2) is 0 Å². The van der Waals surface area contributed by atoms with Gasteiger partial charge in [-0.05, 0) is 133 Å². The Labute approximate surface area is 432 Å². The minimum absolute atomic E-state index is 0.0126. The Morgan fingerprint density at radius 3 is 1.12 bits per heavy atom. The van der Waals surface area contributed by atoms with Crippen molar-refractivity contribution in [3.63, 3.8) is 0 Å². The molecular formula is C69H60BN3. The maximum Gasteiger partial charge on any atom is 0.252 e. The van der Waals surface area contributed by atoms with Crippen LogP contribution in [0.15, 0.2) is 255 Å². The molecule has 0 unspecified atom stereocenters. The first-order valence-electron chi connectivity index (χ1n) is 25.8. The van der Waals surface area contributed by atoms with Gasteiger partial charge in [0.15, 0.2) is 0 Å². The first kappa shape index (κ1) is 45.8. The monoisotopic (exact) mass is 941 g/mol. The molecule has 0 spiro atoms. The summed E-state index contributed by atoms with van der Waals surface area (Å²) in [4.78, 5) is 7.51. The lowest BCUT2D eigenvalue weighted by molar-refractivity contribution is 0.590. The summed E-state index contributed by atoms with van der Waals surface area (Å²) in [5.74, 6) is 0. The Morgan fingerprint density at radius 1 is 0.301 bits per heavy atom. The molecule has 354 valence electrons. The summed E-state index contributed by atoms with van der Waals surface area (Å²) < 4.78 is 0. The molecule has 0 fully saturated rings. The molecule has 0 amide bonds. The fourth-order valence-electron chi connectivity index (χ4n) is 11.7. The van der Waals surface area contributed by atoms with Crippen LogP contribution in [0.5, 0.6) is 0 Å². The van der Waals surface area contributed by atoms with Crippen LogP contribution in [0.2, 0.25) is 0 Å². The molecule has 73 heavy (non-hydrogen) atoms. The third kappa shape index (κ3) is 7.85. The standard InChI is InChI=1S/C69H60BN3/c1-67(2,3)49-36-41-57(42-37-49)73-63-45-40-54(68(4,5)6)46-61(63)70-60-34-22-23-35-62(60)72(64-47-59(48-65(73)66(64)70)71(55-30-18-10-19-31-55)56-32-20-11-21-33-56)58-43-38-53(39-44-58)69(50-24-12-7-13-25-50,51-26-14-8-15-27-51)52-28-16-9-17-29-52/h7-48H,1-6H3. The van der Waals surface area contributed by atoms with Crippen LogP contribution in [0.1, 0.15) is 74.9 Å². The van der Waals surface area contributed by atoms with Gasteiger partial charge in [-0.3, -0.25) is 0 Å². The molecule has 0 saturated heterocycles. The highest BCUT2D eigenvalue weighted by atomic mass is 15.2. The number of para-hydroxylation sites is 3. The van der Waals surface area contributed by atoms with Crippen LogP contribution < -0.4 is 31.1 Å². The fourth-order valence-corrected chi connectivity index (χ4v) is 11.7. The Morgan fingerprint density at radius 2 is 0.671 bits per heavy atom. The molecule has 2 aliphatic rings. The first-order valence-corrected chi connectivity index (χ1v) is 25.8. The topological polar surface area (TPSA) is 9.72 Å². The van der Waals surface area contributed by atoms with Crippen LogP contribution in [0.25, 0.3) is 0 Å². The largest absolute Gasteiger partial charge is 0.311 e. The van der Waals surface area contributed by atoms with Crippen molar-refractivity contribution < 1.29 is 0 Å². The van der Waals surface area contributed by atoms with E-state index in [0.717, 1.165) is 34.1 Å². The summed E-state index contributed by atoms with van der Waals surface area (Å²) in [5, 5.41) is 0. The summed E-state index contributed by atoms with van der Waals surface area (Å²) >= 11 is 0. The lowest BCUT2D eigenvalue weighted by Crippen LogP contribution is -2.61. The third-order valence-corrected chi connectivity index (χ3v) is 15.3. The van der Waals surface area contributed by atoms with Crippen molar-refractivity contribution in [3.8, 4) is 0 Å². The van der Waals surface area contributed by atoms with E-state index in [-0.39, 0.29) is 17.5 Å². The number of nitrogens with zero attached hydrogens (tertiary/aromatic N) is 3. The number of anilines is 9. The second-order valence-electron chi connectivity index (χ2n) is 21.8. The summed E-state index contributed by atoms with van der Waals surface area (Å²) in [7, 11) is 0. The van der Waals surface area contributed by atoms with Gasteiger partial charge < -0.3 is 14.7 Å². The van der Waals surface area contributed by atoms with Crippen molar-refractivity contribution in [2.24, 2.45) is 0 Å². The van der Waals surface area contributed by atoms with Crippen molar-refractivity contribution in [1.82, 2.24) is 0 Å². The van der Waals surface area contributed by atoms with Crippen LogP contribution in [-0.2, 0) is 16.2 Å². The predicted octanol–water partition coefficient (Wildman–Crippen LogP) is 16.2. The van der Waals surface area contributed by atoms with E-state index < -0.39 is 5.41 Å². The van der Waals surface area contributed by atoms with Gasteiger partial charge >= 0.3 is 0 Å². The number of hydrogen-bond acceptors (Lipinski definition) is 3. The molecule has 10 aromatic rings. The fraction of sp³-hybridized carbons (Fsp3) is 0.130. The quantitative estimate of drug-likeness (QED) is 0.105. The van der Waals surface area contributed by atoms with Crippen molar-refractivity contribution >= 4 is 74.3 Å². The molecule has 0 aliphatic carbocycles. The number of rotatable bonds is 9. The molecule has 0 bridgehead atoms. The van der Waals surface area contributed by atoms with Gasteiger partial charge in [0.25, 0.3) is 6.71 Å². The van der Waals surface area contributed by atoms with Gasteiger partial charge in [0.05, 0.1) is 11.1 Å². The Balaban J connectivity index is 1.15. The summed E-state index contributed by atoms with van der Waals surface area (Å²) in [6, 6.07) is 94.8. The van der Waals surface area contributed by atoms with E-state index in [1.54, 1.807) is 0 Å². The van der Waals surface area contributed by atoms with Crippen LogP contribution >= 0.6 is 0 Å². The summed E-state index contributed by atoms with van der Waals surface area (Å²) in [5.41, 5.74) is 21.0. The van der Waals surface area contributed by atoms with E-state index in [2.05, 4.69) is 311 Å². The number of hydrogen-bond donors (Lipinski definition) is 0. The summed E-state index contributed by atoms with van der Waals surface area (Å²) in [6.07, 6.45) is 0. The maximum absolute atomic E-state index is 2.55. The lowest BCUT2D eigenvalue weighted by atomic mass is 9.33. The molecule has 0 aromatic heterocycles. The zero-order valence-electron chi connectivity index (χ0n) is 42.7. The highest BCUT2D eigenvalue weighted by molar-refractivity contribution is 7.00. The van der Waals surface area contributed by atoms with E-state index in [9.17, 15) is 0 Å². The molecule has 2 aliphatic heterocycles. The highest BCUT2D eigenvalue weighted by Gasteiger charge is 2.45. The van der Waals surface area contributed by atoms with Gasteiger partial charge in [-0.15, -0.1) is 0 Å². The lowest BCUT2D eigenvalue weighted by Gasteiger charge is -2.45. The van der Waals surface area contributed by atoms with Gasteiger partial charge in [-0.2, -0.15) is 0 Å². The highest BCUT2D eigenvalue weighted by Crippen LogP contribution is 2.50. The molecule has 0 radical (unpaired) electrons. The molecule has 10 aromatic carbocycles. The predicted molar refractivity (Wildman–Crippen MR) is 311 cm³/mol. The zero-order valence-corrected chi connectivity index (χ0v) is 42.7. The first-order chi connectivity index (χ1) is 35.5. The molecule has 3 nitrogen and oxygen atoms in total. The van der Waals surface area contributed by atoms with Crippen molar-refractivity contribution in [2.75, 3.05) is 14.7 Å². The maximum atomic E-state index is 2.55. The van der Waals surface area contributed by atoms with Gasteiger partial charge in [-0.1, -0.05) is 224 Å². The van der Waals surface area contributed by atoms with Crippen LogP contribution in [-0.4, -0.2) is 6.71 Å². The normalized spacial score (nSPS) is 13.0. The zero-order chi connectivity index (χ0) is 49.9. The van der Waals surface area contributed by atoms with Crippen molar-refractivity contribution in [3.05, 3.63) is 288 Å². The van der Waals surface area contributed by atoms with Gasteiger partial charge in [0, 0.05) is 45.5 Å². The van der Waals surface area contributed by atoms with E-state index in [4.69, 9.17) is 0 Å². The van der Waals surface area contributed by atoms with E-state index in [1.165, 1.54) is 66.8 Å². The smallest absolute Gasteiger partial charge is 0.252 e. The van der Waals surface area contributed by atoms with Crippen LogP contribution in [0.4, 0.5) is 51.2 Å². The summed E-state index contributed by atoms with van der Waals surface area (Å²) in [6.45, 7) is 13.8. The molecule has 0 saturated carbocycles. The molecule has 0 N–H and O–H groups in total. The number of benzene rings is 10. The second-order valence-corrected chi connectivity index (χ2v) is 21.8. The molecule has 4 heteroatoms. The average Bonchev–Trinajstić information content (AvgIpc) is 3.42. The van der Waals surface area contributed by atoms with Gasteiger partial charge in [0.1, 0.15) is 0 Å².